The SMILES string of the molecule is C[N+](C)(C)CCCN1C(=O)c2cc3cc4ccccc4cc3cc2C1=O. The third kappa shape index (κ3) is 2.86. The quantitative estimate of drug-likeness (QED) is 0.410. The molecule has 26 heavy (non-hydrogen) atoms. The summed E-state index contributed by atoms with van der Waals surface area (Å²) in [7, 11) is 6.33. The Bertz CT molecular complexity index is 973. The highest BCUT2D eigenvalue weighted by Gasteiger charge is 2.35. The number of amides is 2. The number of nitrogens with zero attached hydrogens (tertiary/aromatic N) is 2. The fourth-order valence-corrected chi connectivity index (χ4v) is 3.64. The zero-order chi connectivity index (χ0) is 18.5. The van der Waals surface area contributed by atoms with Crippen LogP contribution < -0.4 is 0 Å². The van der Waals surface area contributed by atoms with Gasteiger partial charge in [0.1, 0.15) is 0 Å². The van der Waals surface area contributed by atoms with Crippen molar-refractivity contribution in [3.05, 3.63) is 59.7 Å². The van der Waals surface area contributed by atoms with Gasteiger partial charge in [-0.25, -0.2) is 0 Å². The van der Waals surface area contributed by atoms with E-state index in [0.29, 0.717) is 17.7 Å². The van der Waals surface area contributed by atoms with E-state index in [1.165, 1.54) is 4.90 Å². The zero-order valence-corrected chi connectivity index (χ0v) is 15.5. The average Bonchev–Trinajstić information content (AvgIpc) is 2.81. The Morgan fingerprint density at radius 2 is 1.27 bits per heavy atom. The maximum Gasteiger partial charge on any atom is 0.261 e. The molecule has 0 aromatic heterocycles. The number of benzene rings is 3. The van der Waals surface area contributed by atoms with Crippen molar-refractivity contribution >= 4 is 33.4 Å². The summed E-state index contributed by atoms with van der Waals surface area (Å²) in [6.45, 7) is 1.39. The molecule has 4 rings (SSSR count). The maximum absolute atomic E-state index is 12.8. The second-order valence-corrected chi connectivity index (χ2v) is 8.07. The number of carbonyl (C=O) groups excluding carboxylic acids is 2. The van der Waals surface area contributed by atoms with Gasteiger partial charge in [0.2, 0.25) is 0 Å². The monoisotopic (exact) mass is 347 g/mol. The van der Waals surface area contributed by atoms with Crippen LogP contribution in [-0.4, -0.2) is 55.4 Å². The smallest absolute Gasteiger partial charge is 0.261 e. The Balaban J connectivity index is 1.70. The molecular weight excluding hydrogens is 324 g/mol. The van der Waals surface area contributed by atoms with Gasteiger partial charge in [-0.15, -0.1) is 0 Å². The highest BCUT2D eigenvalue weighted by atomic mass is 16.2. The summed E-state index contributed by atoms with van der Waals surface area (Å²) in [4.78, 5) is 26.9. The third-order valence-corrected chi connectivity index (χ3v) is 5.00. The van der Waals surface area contributed by atoms with Crippen molar-refractivity contribution in [2.45, 2.75) is 6.42 Å². The zero-order valence-electron chi connectivity index (χ0n) is 15.5. The predicted octanol–water partition coefficient (Wildman–Crippen LogP) is 3.69. The topological polar surface area (TPSA) is 37.4 Å². The molecule has 4 nitrogen and oxygen atoms in total. The van der Waals surface area contributed by atoms with Crippen LogP contribution in [-0.2, 0) is 0 Å². The fourth-order valence-electron chi connectivity index (χ4n) is 3.64. The molecule has 1 aliphatic rings. The molecule has 0 fully saturated rings. The number of hydrogen-bond acceptors (Lipinski definition) is 2. The van der Waals surface area contributed by atoms with Gasteiger partial charge >= 0.3 is 0 Å². The van der Waals surface area contributed by atoms with Crippen molar-refractivity contribution < 1.29 is 14.1 Å². The third-order valence-electron chi connectivity index (χ3n) is 5.00. The summed E-state index contributed by atoms with van der Waals surface area (Å²) >= 11 is 0. The first kappa shape index (κ1) is 16.7. The van der Waals surface area contributed by atoms with Gasteiger partial charge in [0.05, 0.1) is 38.8 Å². The Morgan fingerprint density at radius 3 is 1.73 bits per heavy atom. The lowest BCUT2D eigenvalue weighted by molar-refractivity contribution is -0.870. The van der Waals surface area contributed by atoms with Gasteiger partial charge < -0.3 is 4.48 Å². The second kappa shape index (κ2) is 5.92. The molecule has 0 bridgehead atoms. The van der Waals surface area contributed by atoms with Crippen LogP contribution in [0.5, 0.6) is 0 Å². The highest BCUT2D eigenvalue weighted by molar-refractivity contribution is 6.23. The molecule has 0 N–H and O–H groups in total. The fraction of sp³-hybridized carbons (Fsp3) is 0.273. The standard InChI is InChI=1S/C22H23N2O2/c1-24(2,3)10-6-9-23-21(25)19-13-17-11-15-7-4-5-8-16(15)12-18(17)14-20(19)22(23)26/h4-5,7-8,11-14H,6,9-10H2,1-3H3/q+1. The normalized spacial score (nSPS) is 14.5. The first-order valence-corrected chi connectivity index (χ1v) is 8.97. The van der Waals surface area contributed by atoms with Crippen molar-refractivity contribution in [3.63, 3.8) is 0 Å². The molecule has 0 saturated carbocycles. The van der Waals surface area contributed by atoms with Gasteiger partial charge in [-0.3, -0.25) is 14.5 Å². The van der Waals surface area contributed by atoms with E-state index in [1.807, 2.05) is 24.3 Å². The van der Waals surface area contributed by atoms with Crippen LogP contribution in [0.3, 0.4) is 0 Å². The molecule has 0 saturated heterocycles. The molecule has 0 spiro atoms. The van der Waals surface area contributed by atoms with Crippen molar-refractivity contribution in [1.29, 1.82) is 0 Å². The summed E-state index contributed by atoms with van der Waals surface area (Å²) in [6.07, 6.45) is 0.804. The Kier molecular flexibility index (Phi) is 3.81. The van der Waals surface area contributed by atoms with Crippen LogP contribution in [0.15, 0.2) is 48.5 Å². The second-order valence-electron chi connectivity index (χ2n) is 8.07. The molecule has 2 amide bonds. The van der Waals surface area contributed by atoms with Crippen LogP contribution in [0.1, 0.15) is 27.1 Å². The van der Waals surface area contributed by atoms with Gasteiger partial charge in [-0.1, -0.05) is 24.3 Å². The number of imide groups is 1. The van der Waals surface area contributed by atoms with E-state index < -0.39 is 0 Å². The molecule has 0 atom stereocenters. The number of carbonyl (C=O) groups is 2. The molecule has 132 valence electrons. The van der Waals surface area contributed by atoms with Gasteiger partial charge in [0.15, 0.2) is 0 Å². The molecule has 0 unspecified atom stereocenters. The van der Waals surface area contributed by atoms with E-state index in [1.54, 1.807) is 0 Å². The molecule has 4 heteroatoms. The molecule has 3 aromatic carbocycles. The molecule has 0 radical (unpaired) electrons. The van der Waals surface area contributed by atoms with Crippen molar-refractivity contribution in [2.75, 3.05) is 34.2 Å². The lowest BCUT2D eigenvalue weighted by Crippen LogP contribution is -2.38. The minimum Gasteiger partial charge on any atom is -0.331 e. The van der Waals surface area contributed by atoms with E-state index in [0.717, 1.165) is 39.0 Å². The van der Waals surface area contributed by atoms with Crippen molar-refractivity contribution in [3.8, 4) is 0 Å². The number of hydrogen-bond donors (Lipinski definition) is 0. The van der Waals surface area contributed by atoms with E-state index >= 15 is 0 Å². The summed E-state index contributed by atoms with van der Waals surface area (Å²) < 4.78 is 0.819. The number of quaternary nitrogens is 1. The summed E-state index contributed by atoms with van der Waals surface area (Å²) in [5.74, 6) is -0.331. The first-order valence-electron chi connectivity index (χ1n) is 8.97. The Hall–Kier alpha value is -2.72. The molecule has 1 aliphatic heterocycles. The van der Waals surface area contributed by atoms with Crippen LogP contribution in [0.25, 0.3) is 21.5 Å². The Labute approximate surface area is 153 Å². The van der Waals surface area contributed by atoms with Gasteiger partial charge in [-0.2, -0.15) is 0 Å². The van der Waals surface area contributed by atoms with Crippen molar-refractivity contribution in [2.24, 2.45) is 0 Å². The van der Waals surface area contributed by atoms with E-state index in [9.17, 15) is 9.59 Å². The molecule has 0 aliphatic carbocycles. The summed E-state index contributed by atoms with van der Waals surface area (Å²) in [5, 5.41) is 4.27. The average molecular weight is 347 g/mol. The van der Waals surface area contributed by atoms with Gasteiger partial charge in [0.25, 0.3) is 11.8 Å². The number of rotatable bonds is 4. The lowest BCUT2D eigenvalue weighted by atomic mass is 9.99. The van der Waals surface area contributed by atoms with Gasteiger partial charge in [-0.05, 0) is 45.8 Å². The van der Waals surface area contributed by atoms with Crippen LogP contribution in [0, 0.1) is 0 Å². The van der Waals surface area contributed by atoms with Crippen LogP contribution in [0.4, 0.5) is 0 Å². The largest absolute Gasteiger partial charge is 0.331 e. The molecule has 3 aromatic rings. The first-order chi connectivity index (χ1) is 12.3. The van der Waals surface area contributed by atoms with Gasteiger partial charge in [0, 0.05) is 13.0 Å². The Morgan fingerprint density at radius 1 is 0.769 bits per heavy atom. The summed E-state index contributed by atoms with van der Waals surface area (Å²) in [5.41, 5.74) is 1.06. The molecule has 1 heterocycles. The molecular formula is C22H23N2O2+. The van der Waals surface area contributed by atoms with Crippen LogP contribution in [0.2, 0.25) is 0 Å². The number of fused-ring (bicyclic) bond motifs is 3. The summed E-state index contributed by atoms with van der Waals surface area (Å²) in [6, 6.07) is 16.1. The van der Waals surface area contributed by atoms with Crippen molar-refractivity contribution in [1.82, 2.24) is 4.90 Å². The van der Waals surface area contributed by atoms with Crippen LogP contribution >= 0.6 is 0 Å². The minimum absolute atomic E-state index is 0.165. The van der Waals surface area contributed by atoms with E-state index in [4.69, 9.17) is 0 Å². The minimum atomic E-state index is -0.165. The predicted molar refractivity (Wildman–Crippen MR) is 104 cm³/mol. The highest BCUT2D eigenvalue weighted by Crippen LogP contribution is 2.30. The lowest BCUT2D eigenvalue weighted by Gasteiger charge is -2.24. The van der Waals surface area contributed by atoms with E-state index in [-0.39, 0.29) is 11.8 Å². The maximum atomic E-state index is 12.8. The van der Waals surface area contributed by atoms with E-state index in [2.05, 4.69) is 45.4 Å².